The Balaban J connectivity index is 2.30. The van der Waals surface area contributed by atoms with Gasteiger partial charge in [0.05, 0.1) is 0 Å². The van der Waals surface area contributed by atoms with Crippen LogP contribution in [0.15, 0.2) is 30.3 Å². The molecule has 1 aromatic rings. The maximum Gasteiger partial charge on any atom is 0.202 e. The Morgan fingerprint density at radius 2 is 2.18 bits per heavy atom. The van der Waals surface area contributed by atoms with Gasteiger partial charge in [-0.3, -0.25) is 4.79 Å². The number of halogens is 1. The highest BCUT2D eigenvalue weighted by Gasteiger charge is 1.92. The van der Waals surface area contributed by atoms with E-state index in [9.17, 15) is 4.79 Å². The van der Waals surface area contributed by atoms with Crippen LogP contribution in [0.5, 0.6) is 0 Å². The monoisotopic (exact) mass is 246 g/mol. The zero-order chi connectivity index (χ0) is 12.5. The van der Waals surface area contributed by atoms with Crippen LogP contribution < -0.4 is 0 Å². The molecule has 0 aliphatic heterocycles. The summed E-state index contributed by atoms with van der Waals surface area (Å²) in [6.07, 6.45) is 6.75. The minimum atomic E-state index is -0.0726. The molecule has 0 atom stereocenters. The fourth-order valence-electron chi connectivity index (χ4n) is 1.32. The van der Waals surface area contributed by atoms with Gasteiger partial charge >= 0.3 is 0 Å². The second-order valence-corrected chi connectivity index (χ2v) is 4.08. The van der Waals surface area contributed by atoms with E-state index in [0.29, 0.717) is 0 Å². The van der Waals surface area contributed by atoms with Gasteiger partial charge in [-0.15, -0.1) is 0 Å². The zero-order valence-corrected chi connectivity index (χ0v) is 10.6. The number of hydrogen-bond acceptors (Lipinski definition) is 1. The summed E-state index contributed by atoms with van der Waals surface area (Å²) < 4.78 is 0. The van der Waals surface area contributed by atoms with Crippen LogP contribution >= 0.6 is 11.6 Å². The summed E-state index contributed by atoms with van der Waals surface area (Å²) >= 11 is 6.01. The highest BCUT2D eigenvalue weighted by molar-refractivity contribution is 6.32. The van der Waals surface area contributed by atoms with Crippen LogP contribution in [0, 0.1) is 11.8 Å². The SMILES string of the molecule is CC(=O)C#CCCC/C=C/c1ccccc1Cl. The van der Waals surface area contributed by atoms with Crippen molar-refractivity contribution in [3.63, 3.8) is 0 Å². The largest absolute Gasteiger partial charge is 0.285 e. The van der Waals surface area contributed by atoms with Gasteiger partial charge < -0.3 is 0 Å². The lowest BCUT2D eigenvalue weighted by atomic mass is 10.1. The summed E-state index contributed by atoms with van der Waals surface area (Å²) in [6.45, 7) is 1.48. The molecule has 88 valence electrons. The van der Waals surface area contributed by atoms with E-state index in [0.717, 1.165) is 29.8 Å². The molecule has 1 nitrogen and oxygen atoms in total. The number of carbonyl (C=O) groups excluding carboxylic acids is 1. The lowest BCUT2D eigenvalue weighted by molar-refractivity contribution is -0.111. The second-order valence-electron chi connectivity index (χ2n) is 3.67. The summed E-state index contributed by atoms with van der Waals surface area (Å²) in [5, 5.41) is 0.764. The number of ketones is 1. The molecule has 0 aliphatic carbocycles. The molecule has 0 heterocycles. The fourth-order valence-corrected chi connectivity index (χ4v) is 1.51. The van der Waals surface area contributed by atoms with Crippen LogP contribution in [-0.4, -0.2) is 5.78 Å². The summed E-state index contributed by atoms with van der Waals surface area (Å²) in [6, 6.07) is 7.73. The molecule has 1 rings (SSSR count). The molecule has 0 fully saturated rings. The number of carbonyl (C=O) groups is 1. The van der Waals surface area contributed by atoms with E-state index in [-0.39, 0.29) is 5.78 Å². The van der Waals surface area contributed by atoms with E-state index in [1.54, 1.807) is 0 Å². The molecule has 0 radical (unpaired) electrons. The van der Waals surface area contributed by atoms with Gasteiger partial charge in [0.1, 0.15) is 0 Å². The smallest absolute Gasteiger partial charge is 0.202 e. The lowest BCUT2D eigenvalue weighted by Gasteiger charge is -1.96. The van der Waals surface area contributed by atoms with Gasteiger partial charge in [-0.05, 0) is 30.4 Å². The van der Waals surface area contributed by atoms with Crippen LogP contribution in [0.3, 0.4) is 0 Å². The average Bonchev–Trinajstić information content (AvgIpc) is 2.30. The van der Waals surface area contributed by atoms with Gasteiger partial charge in [-0.2, -0.15) is 0 Å². The topological polar surface area (TPSA) is 17.1 Å². The predicted molar refractivity (Wildman–Crippen MR) is 72.8 cm³/mol. The van der Waals surface area contributed by atoms with Crippen molar-refractivity contribution < 1.29 is 4.79 Å². The van der Waals surface area contributed by atoms with E-state index >= 15 is 0 Å². The summed E-state index contributed by atoms with van der Waals surface area (Å²) in [7, 11) is 0. The quantitative estimate of drug-likeness (QED) is 0.444. The van der Waals surface area contributed by atoms with Gasteiger partial charge in [0.25, 0.3) is 0 Å². The van der Waals surface area contributed by atoms with Crippen molar-refractivity contribution >= 4 is 23.5 Å². The summed E-state index contributed by atoms with van der Waals surface area (Å²) in [5.41, 5.74) is 1.03. The van der Waals surface area contributed by atoms with Crippen molar-refractivity contribution in [3.05, 3.63) is 40.9 Å². The molecule has 0 amide bonds. The molecule has 1 aromatic carbocycles. The molecule has 0 aliphatic rings. The molecule has 2 heteroatoms. The zero-order valence-electron chi connectivity index (χ0n) is 9.87. The molecule has 0 bridgehead atoms. The molecule has 0 aromatic heterocycles. The summed E-state index contributed by atoms with van der Waals surface area (Å²) in [4.78, 5) is 10.6. The molecule has 0 unspecified atom stereocenters. The third kappa shape index (κ3) is 5.94. The molecular formula is C15H15ClO. The number of Topliss-reactive ketones (excluding diaryl/α,β-unsaturated/α-hetero) is 1. The molecule has 0 spiro atoms. The van der Waals surface area contributed by atoms with Crippen LogP contribution in [0.4, 0.5) is 0 Å². The Labute approximate surface area is 107 Å². The number of rotatable bonds is 4. The number of hydrogen-bond donors (Lipinski definition) is 0. The molecule has 0 saturated carbocycles. The first-order valence-electron chi connectivity index (χ1n) is 5.60. The Morgan fingerprint density at radius 1 is 1.41 bits per heavy atom. The maximum absolute atomic E-state index is 10.6. The maximum atomic E-state index is 10.6. The highest BCUT2D eigenvalue weighted by Crippen LogP contribution is 2.16. The van der Waals surface area contributed by atoms with Gasteiger partial charge in [-0.1, -0.05) is 47.9 Å². The average molecular weight is 247 g/mol. The van der Waals surface area contributed by atoms with E-state index in [4.69, 9.17) is 11.6 Å². The molecule has 0 saturated heterocycles. The van der Waals surface area contributed by atoms with E-state index < -0.39 is 0 Å². The van der Waals surface area contributed by atoms with E-state index in [2.05, 4.69) is 17.9 Å². The lowest BCUT2D eigenvalue weighted by Crippen LogP contribution is -1.80. The van der Waals surface area contributed by atoms with Crippen molar-refractivity contribution in [3.8, 4) is 11.8 Å². The molecule has 0 N–H and O–H groups in total. The van der Waals surface area contributed by atoms with Crippen molar-refractivity contribution in [2.75, 3.05) is 0 Å². The predicted octanol–water partition coefficient (Wildman–Crippen LogP) is 4.12. The van der Waals surface area contributed by atoms with Crippen molar-refractivity contribution in [1.82, 2.24) is 0 Å². The van der Waals surface area contributed by atoms with Crippen LogP contribution in [0.25, 0.3) is 6.08 Å². The van der Waals surface area contributed by atoms with Crippen molar-refractivity contribution in [2.24, 2.45) is 0 Å². The van der Waals surface area contributed by atoms with Crippen LogP contribution in [-0.2, 0) is 4.79 Å². The van der Waals surface area contributed by atoms with Crippen LogP contribution in [0.1, 0.15) is 31.7 Å². The van der Waals surface area contributed by atoms with E-state index in [1.165, 1.54) is 6.92 Å². The number of benzene rings is 1. The number of allylic oxidation sites excluding steroid dienone is 1. The Morgan fingerprint density at radius 3 is 2.88 bits per heavy atom. The van der Waals surface area contributed by atoms with E-state index in [1.807, 2.05) is 30.3 Å². The third-order valence-corrected chi connectivity index (χ3v) is 2.48. The Hall–Kier alpha value is -1.52. The first-order chi connectivity index (χ1) is 8.20. The standard InChI is InChI=1S/C15H15ClO/c1-13(17)9-5-3-2-4-6-10-14-11-7-8-12-15(14)16/h6-8,10-12H,2-4H2,1H3/b10-6+. The Bertz CT molecular complexity index is 463. The third-order valence-electron chi connectivity index (χ3n) is 2.14. The van der Waals surface area contributed by atoms with Crippen molar-refractivity contribution in [1.29, 1.82) is 0 Å². The summed E-state index contributed by atoms with van der Waals surface area (Å²) in [5.74, 6) is 5.29. The molecular weight excluding hydrogens is 232 g/mol. The first kappa shape index (κ1) is 13.5. The number of unbranched alkanes of at least 4 members (excludes halogenated alkanes) is 2. The Kier molecular flexibility index (Phi) is 6.14. The molecule has 17 heavy (non-hydrogen) atoms. The van der Waals surface area contributed by atoms with Crippen molar-refractivity contribution in [2.45, 2.75) is 26.2 Å². The first-order valence-corrected chi connectivity index (χ1v) is 5.98. The minimum absolute atomic E-state index is 0.0726. The normalized spacial score (nSPS) is 10.0. The fraction of sp³-hybridized carbons (Fsp3) is 0.267. The van der Waals surface area contributed by atoms with Gasteiger partial charge in [-0.25, -0.2) is 0 Å². The van der Waals surface area contributed by atoms with Gasteiger partial charge in [0.2, 0.25) is 5.78 Å². The highest BCUT2D eigenvalue weighted by atomic mass is 35.5. The van der Waals surface area contributed by atoms with Gasteiger partial charge in [0.15, 0.2) is 0 Å². The minimum Gasteiger partial charge on any atom is -0.285 e. The van der Waals surface area contributed by atoms with Gasteiger partial charge in [0, 0.05) is 18.4 Å². The van der Waals surface area contributed by atoms with Crippen LogP contribution in [0.2, 0.25) is 5.02 Å². The second kappa shape index (κ2) is 7.70.